The number of hydrogen-bond acceptors (Lipinski definition) is 4. The average molecular weight is 293 g/mol. The Hall–Kier alpha value is -1.59. The normalized spacial score (nSPS) is 13.7. The van der Waals surface area contributed by atoms with E-state index in [-0.39, 0.29) is 5.84 Å². The molecule has 0 amide bonds. The second-order valence-corrected chi connectivity index (χ2v) is 5.35. The minimum Gasteiger partial charge on any atom is -0.409 e. The van der Waals surface area contributed by atoms with Crippen molar-refractivity contribution >= 4 is 5.84 Å². The van der Waals surface area contributed by atoms with Crippen molar-refractivity contribution in [3.8, 4) is 0 Å². The highest BCUT2D eigenvalue weighted by Gasteiger charge is 2.14. The van der Waals surface area contributed by atoms with Gasteiger partial charge in [-0.2, -0.15) is 0 Å². The van der Waals surface area contributed by atoms with Gasteiger partial charge in [-0.25, -0.2) is 0 Å². The van der Waals surface area contributed by atoms with E-state index in [4.69, 9.17) is 15.7 Å². The number of rotatable bonds is 8. The summed E-state index contributed by atoms with van der Waals surface area (Å²) in [7, 11) is 1.73. The summed E-state index contributed by atoms with van der Waals surface area (Å²) in [5.74, 6) is 0.141. The van der Waals surface area contributed by atoms with Crippen molar-refractivity contribution in [3.63, 3.8) is 0 Å². The van der Waals surface area contributed by atoms with E-state index >= 15 is 0 Å². The number of amidine groups is 1. The van der Waals surface area contributed by atoms with Gasteiger partial charge in [-0.05, 0) is 37.5 Å². The molecule has 0 saturated carbocycles. The molecule has 0 fully saturated rings. The molecule has 5 nitrogen and oxygen atoms in total. The van der Waals surface area contributed by atoms with Crippen LogP contribution in [-0.4, -0.2) is 42.2 Å². The Kier molecular flexibility index (Phi) is 7.19. The van der Waals surface area contributed by atoms with Gasteiger partial charge < -0.3 is 15.7 Å². The molecule has 3 N–H and O–H groups in total. The Labute approximate surface area is 127 Å². The molecule has 0 aliphatic heterocycles. The van der Waals surface area contributed by atoms with Crippen molar-refractivity contribution in [3.05, 3.63) is 34.9 Å². The Morgan fingerprint density at radius 3 is 2.71 bits per heavy atom. The van der Waals surface area contributed by atoms with E-state index in [1.54, 1.807) is 7.11 Å². The van der Waals surface area contributed by atoms with Crippen LogP contribution in [0.5, 0.6) is 0 Å². The molecule has 0 aromatic heterocycles. The van der Waals surface area contributed by atoms with Crippen LogP contribution in [0.2, 0.25) is 0 Å². The van der Waals surface area contributed by atoms with Gasteiger partial charge in [0.15, 0.2) is 5.84 Å². The number of aryl methyl sites for hydroxylation is 1. The quantitative estimate of drug-likeness (QED) is 0.334. The third kappa shape index (κ3) is 5.02. The highest BCUT2D eigenvalue weighted by molar-refractivity contribution is 5.97. The van der Waals surface area contributed by atoms with Gasteiger partial charge in [-0.15, -0.1) is 0 Å². The summed E-state index contributed by atoms with van der Waals surface area (Å²) in [6.07, 6.45) is 1.10. The average Bonchev–Trinajstić information content (AvgIpc) is 2.51. The zero-order valence-corrected chi connectivity index (χ0v) is 13.5. The predicted molar refractivity (Wildman–Crippen MR) is 85.7 cm³/mol. The van der Waals surface area contributed by atoms with Gasteiger partial charge in [0.2, 0.25) is 0 Å². The maximum atomic E-state index is 8.74. The van der Waals surface area contributed by atoms with Gasteiger partial charge in [0, 0.05) is 31.8 Å². The van der Waals surface area contributed by atoms with Crippen molar-refractivity contribution < 1.29 is 9.94 Å². The second kappa shape index (κ2) is 8.64. The van der Waals surface area contributed by atoms with Gasteiger partial charge >= 0.3 is 0 Å². The van der Waals surface area contributed by atoms with E-state index in [0.717, 1.165) is 37.2 Å². The Morgan fingerprint density at radius 1 is 1.48 bits per heavy atom. The maximum absolute atomic E-state index is 8.74. The van der Waals surface area contributed by atoms with E-state index < -0.39 is 0 Å². The van der Waals surface area contributed by atoms with Crippen LogP contribution in [0.4, 0.5) is 0 Å². The first kappa shape index (κ1) is 17.5. The molecule has 5 heteroatoms. The van der Waals surface area contributed by atoms with Crippen molar-refractivity contribution in [1.29, 1.82) is 0 Å². The molecule has 0 spiro atoms. The Bertz CT molecular complexity index is 475. The lowest BCUT2D eigenvalue weighted by atomic mass is 10.0. The van der Waals surface area contributed by atoms with Crippen molar-refractivity contribution in [2.24, 2.45) is 10.9 Å². The molecule has 0 aliphatic rings. The molecule has 0 saturated heterocycles. The van der Waals surface area contributed by atoms with E-state index in [9.17, 15) is 0 Å². The first-order valence-corrected chi connectivity index (χ1v) is 7.33. The lowest BCUT2D eigenvalue weighted by molar-refractivity contribution is 0.118. The number of ether oxygens (including phenoxy) is 1. The summed E-state index contributed by atoms with van der Waals surface area (Å²) < 4.78 is 5.20. The van der Waals surface area contributed by atoms with Gasteiger partial charge in [0.05, 0.1) is 6.61 Å². The first-order valence-electron chi connectivity index (χ1n) is 7.33. The van der Waals surface area contributed by atoms with Crippen LogP contribution >= 0.6 is 0 Å². The summed E-state index contributed by atoms with van der Waals surface area (Å²) in [5, 5.41) is 11.8. The standard InChI is InChI=1S/C16H27N3O2/c1-5-13(3)19(8-9-21-4)11-15-7-6-14(10-12(15)2)16(17)18-20/h6-7,10,13,20H,5,8-9,11H2,1-4H3,(H2,17,18). The monoisotopic (exact) mass is 293 g/mol. The number of nitrogens with zero attached hydrogens (tertiary/aromatic N) is 2. The summed E-state index contributed by atoms with van der Waals surface area (Å²) in [4.78, 5) is 2.41. The van der Waals surface area contributed by atoms with Crippen LogP contribution < -0.4 is 5.73 Å². The minimum atomic E-state index is 0.141. The molecule has 21 heavy (non-hydrogen) atoms. The fraction of sp³-hybridized carbons (Fsp3) is 0.562. The number of benzene rings is 1. The van der Waals surface area contributed by atoms with Crippen LogP contribution in [0, 0.1) is 6.92 Å². The SMILES string of the molecule is CCC(C)N(CCOC)Cc1ccc(/C(N)=N/O)cc1C. The van der Waals surface area contributed by atoms with E-state index in [2.05, 4.69) is 30.8 Å². The smallest absolute Gasteiger partial charge is 0.170 e. The zero-order valence-electron chi connectivity index (χ0n) is 13.5. The van der Waals surface area contributed by atoms with Gasteiger partial charge in [0.1, 0.15) is 0 Å². The van der Waals surface area contributed by atoms with Crippen LogP contribution in [0.25, 0.3) is 0 Å². The summed E-state index contributed by atoms with van der Waals surface area (Å²) in [5.41, 5.74) is 8.76. The van der Waals surface area contributed by atoms with E-state index in [1.165, 1.54) is 5.56 Å². The molecule has 0 heterocycles. The first-order chi connectivity index (χ1) is 10.0. The molecule has 1 aromatic rings. The van der Waals surface area contributed by atoms with Crippen molar-refractivity contribution in [1.82, 2.24) is 4.90 Å². The predicted octanol–water partition coefficient (Wildman–Crippen LogP) is 2.34. The molecule has 0 radical (unpaired) electrons. The third-order valence-corrected chi connectivity index (χ3v) is 3.92. The van der Waals surface area contributed by atoms with Crippen LogP contribution in [0.1, 0.15) is 37.0 Å². The van der Waals surface area contributed by atoms with E-state index in [1.807, 2.05) is 18.2 Å². The van der Waals surface area contributed by atoms with Gasteiger partial charge in [0.25, 0.3) is 0 Å². The highest BCUT2D eigenvalue weighted by atomic mass is 16.5. The molecule has 1 unspecified atom stereocenters. The second-order valence-electron chi connectivity index (χ2n) is 5.35. The minimum absolute atomic E-state index is 0.141. The fourth-order valence-corrected chi connectivity index (χ4v) is 2.23. The zero-order chi connectivity index (χ0) is 15.8. The number of hydrogen-bond donors (Lipinski definition) is 2. The molecular formula is C16H27N3O2. The lowest BCUT2D eigenvalue weighted by Gasteiger charge is -2.28. The summed E-state index contributed by atoms with van der Waals surface area (Å²) >= 11 is 0. The number of oxime groups is 1. The number of nitrogens with two attached hydrogens (primary N) is 1. The highest BCUT2D eigenvalue weighted by Crippen LogP contribution is 2.16. The molecule has 1 rings (SSSR count). The fourth-order valence-electron chi connectivity index (χ4n) is 2.23. The third-order valence-electron chi connectivity index (χ3n) is 3.92. The van der Waals surface area contributed by atoms with Crippen LogP contribution in [-0.2, 0) is 11.3 Å². The Balaban J connectivity index is 2.88. The van der Waals surface area contributed by atoms with Gasteiger partial charge in [-0.3, -0.25) is 4.90 Å². The molecule has 0 bridgehead atoms. The van der Waals surface area contributed by atoms with Gasteiger partial charge in [-0.1, -0.05) is 24.2 Å². The van der Waals surface area contributed by atoms with Crippen molar-refractivity contribution in [2.75, 3.05) is 20.3 Å². The largest absolute Gasteiger partial charge is 0.409 e. The molecular weight excluding hydrogens is 266 g/mol. The molecule has 0 aliphatic carbocycles. The maximum Gasteiger partial charge on any atom is 0.170 e. The number of methoxy groups -OCH3 is 1. The Morgan fingerprint density at radius 2 is 2.19 bits per heavy atom. The topological polar surface area (TPSA) is 71.1 Å². The van der Waals surface area contributed by atoms with Crippen LogP contribution in [0.15, 0.2) is 23.4 Å². The molecule has 118 valence electrons. The summed E-state index contributed by atoms with van der Waals surface area (Å²) in [6.45, 7) is 8.99. The lowest BCUT2D eigenvalue weighted by Crippen LogP contribution is -2.35. The van der Waals surface area contributed by atoms with Crippen LogP contribution in [0.3, 0.4) is 0 Å². The summed E-state index contributed by atoms with van der Waals surface area (Å²) in [6, 6.07) is 6.39. The van der Waals surface area contributed by atoms with Crippen molar-refractivity contribution in [2.45, 2.75) is 39.8 Å². The molecule has 1 atom stereocenters. The molecule has 1 aromatic carbocycles. The van der Waals surface area contributed by atoms with E-state index in [0.29, 0.717) is 6.04 Å².